The molecular formula is C11H7Cl2FN2O. The number of nitrogens with zero attached hydrogens (tertiary/aromatic N) is 1. The van der Waals surface area contributed by atoms with Gasteiger partial charge in [-0.05, 0) is 25.0 Å². The number of carbonyl (C=O) groups excluding carboxylic acids is 1. The van der Waals surface area contributed by atoms with E-state index >= 15 is 0 Å². The third-order valence-corrected chi connectivity index (χ3v) is 3.24. The van der Waals surface area contributed by atoms with Crippen molar-refractivity contribution in [1.29, 1.82) is 5.26 Å². The van der Waals surface area contributed by atoms with E-state index in [1.54, 1.807) is 0 Å². The van der Waals surface area contributed by atoms with E-state index in [0.29, 0.717) is 12.8 Å². The monoisotopic (exact) mass is 272 g/mol. The van der Waals surface area contributed by atoms with Crippen molar-refractivity contribution in [2.45, 2.75) is 12.8 Å². The summed E-state index contributed by atoms with van der Waals surface area (Å²) in [7, 11) is 0. The number of halogens is 3. The van der Waals surface area contributed by atoms with E-state index in [-0.39, 0.29) is 15.7 Å². The molecule has 2 rings (SSSR count). The van der Waals surface area contributed by atoms with Gasteiger partial charge in [0.25, 0.3) is 0 Å². The van der Waals surface area contributed by atoms with Gasteiger partial charge in [0.05, 0.1) is 21.8 Å². The molecule has 0 aromatic heterocycles. The molecular weight excluding hydrogens is 266 g/mol. The molecule has 1 aliphatic rings. The van der Waals surface area contributed by atoms with Crippen molar-refractivity contribution in [3.8, 4) is 6.07 Å². The fourth-order valence-corrected chi connectivity index (χ4v) is 1.96. The molecule has 1 amide bonds. The standard InChI is InChI=1S/C11H7Cl2FN2O/c12-7-3-6(14)4-8(13)9(7)16-10(17)11(5-15)1-2-11/h3-4H,1-2H2,(H,16,17). The molecule has 1 N–H and O–H groups in total. The van der Waals surface area contributed by atoms with Crippen LogP contribution in [-0.2, 0) is 4.79 Å². The fourth-order valence-electron chi connectivity index (χ4n) is 1.41. The number of anilines is 1. The minimum atomic E-state index is -0.971. The predicted octanol–water partition coefficient (Wildman–Crippen LogP) is 3.37. The molecule has 1 fully saturated rings. The molecule has 1 aliphatic carbocycles. The third-order valence-electron chi connectivity index (χ3n) is 2.64. The Morgan fingerprint density at radius 2 is 1.94 bits per heavy atom. The second-order valence-electron chi connectivity index (χ2n) is 3.89. The maximum atomic E-state index is 12.9. The van der Waals surface area contributed by atoms with E-state index < -0.39 is 17.1 Å². The lowest BCUT2D eigenvalue weighted by Crippen LogP contribution is -2.23. The Bertz CT molecular complexity index is 512. The van der Waals surface area contributed by atoms with E-state index in [1.165, 1.54) is 0 Å². The van der Waals surface area contributed by atoms with Gasteiger partial charge in [-0.25, -0.2) is 4.39 Å². The van der Waals surface area contributed by atoms with Crippen molar-refractivity contribution in [3.63, 3.8) is 0 Å². The van der Waals surface area contributed by atoms with Gasteiger partial charge in [-0.15, -0.1) is 0 Å². The largest absolute Gasteiger partial charge is 0.322 e. The molecule has 0 atom stereocenters. The highest BCUT2D eigenvalue weighted by atomic mass is 35.5. The van der Waals surface area contributed by atoms with Crippen LogP contribution in [0, 0.1) is 22.6 Å². The summed E-state index contributed by atoms with van der Waals surface area (Å²) in [6.45, 7) is 0. The average molecular weight is 273 g/mol. The van der Waals surface area contributed by atoms with Crippen LogP contribution in [0.4, 0.5) is 10.1 Å². The highest BCUT2D eigenvalue weighted by Gasteiger charge is 2.50. The SMILES string of the molecule is N#CC1(C(=O)Nc2c(Cl)cc(F)cc2Cl)CC1. The van der Waals surface area contributed by atoms with Gasteiger partial charge < -0.3 is 5.32 Å². The Labute approximate surface area is 107 Å². The molecule has 0 unspecified atom stereocenters. The van der Waals surface area contributed by atoms with Crippen LogP contribution in [0.25, 0.3) is 0 Å². The van der Waals surface area contributed by atoms with Crippen molar-refractivity contribution >= 4 is 34.8 Å². The lowest BCUT2D eigenvalue weighted by Gasteiger charge is -2.11. The summed E-state index contributed by atoms with van der Waals surface area (Å²) in [4.78, 5) is 11.8. The second kappa shape index (κ2) is 4.17. The van der Waals surface area contributed by atoms with E-state index in [0.717, 1.165) is 12.1 Å². The summed E-state index contributed by atoms with van der Waals surface area (Å²) in [5, 5.41) is 11.3. The van der Waals surface area contributed by atoms with Crippen LogP contribution in [-0.4, -0.2) is 5.91 Å². The molecule has 0 saturated heterocycles. The van der Waals surface area contributed by atoms with Crippen LogP contribution in [0.2, 0.25) is 10.0 Å². The Morgan fingerprint density at radius 3 is 2.35 bits per heavy atom. The van der Waals surface area contributed by atoms with Gasteiger partial charge in [0, 0.05) is 0 Å². The van der Waals surface area contributed by atoms with Crippen molar-refractivity contribution in [3.05, 3.63) is 28.0 Å². The number of carbonyl (C=O) groups is 1. The summed E-state index contributed by atoms with van der Waals surface area (Å²) in [6.07, 6.45) is 1.04. The second-order valence-corrected chi connectivity index (χ2v) is 4.71. The van der Waals surface area contributed by atoms with Crippen LogP contribution < -0.4 is 5.32 Å². The normalized spacial score (nSPS) is 16.1. The van der Waals surface area contributed by atoms with Crippen LogP contribution in [0.1, 0.15) is 12.8 Å². The zero-order chi connectivity index (χ0) is 12.6. The first-order chi connectivity index (χ1) is 7.98. The number of rotatable bonds is 2. The lowest BCUT2D eigenvalue weighted by molar-refractivity contribution is -0.119. The maximum Gasteiger partial charge on any atom is 0.244 e. The van der Waals surface area contributed by atoms with E-state index in [1.807, 2.05) is 6.07 Å². The molecule has 0 spiro atoms. The summed E-state index contributed by atoms with van der Waals surface area (Å²) in [5.74, 6) is -1.03. The highest BCUT2D eigenvalue weighted by molar-refractivity contribution is 6.39. The molecule has 6 heteroatoms. The van der Waals surface area contributed by atoms with Gasteiger partial charge in [0.2, 0.25) is 5.91 Å². The zero-order valence-electron chi connectivity index (χ0n) is 8.56. The maximum absolute atomic E-state index is 12.9. The molecule has 0 aliphatic heterocycles. The molecule has 0 bridgehead atoms. The zero-order valence-corrected chi connectivity index (χ0v) is 10.1. The van der Waals surface area contributed by atoms with Crippen molar-refractivity contribution < 1.29 is 9.18 Å². The quantitative estimate of drug-likeness (QED) is 0.898. The minimum absolute atomic E-state index is 0.0112. The Balaban J connectivity index is 2.26. The van der Waals surface area contributed by atoms with Gasteiger partial charge in [-0.3, -0.25) is 4.79 Å². The summed E-state index contributed by atoms with van der Waals surface area (Å²) in [6, 6.07) is 4.05. The topological polar surface area (TPSA) is 52.9 Å². The fraction of sp³-hybridized carbons (Fsp3) is 0.273. The molecule has 17 heavy (non-hydrogen) atoms. The highest BCUT2D eigenvalue weighted by Crippen LogP contribution is 2.46. The Morgan fingerprint density at radius 1 is 1.41 bits per heavy atom. The van der Waals surface area contributed by atoms with E-state index in [9.17, 15) is 9.18 Å². The lowest BCUT2D eigenvalue weighted by atomic mass is 10.1. The molecule has 1 aromatic carbocycles. The molecule has 1 aromatic rings. The third kappa shape index (κ3) is 2.21. The van der Waals surface area contributed by atoms with E-state index in [4.69, 9.17) is 28.5 Å². The number of nitriles is 1. The van der Waals surface area contributed by atoms with Gasteiger partial charge in [0.1, 0.15) is 11.2 Å². The predicted molar refractivity (Wildman–Crippen MR) is 62.3 cm³/mol. The minimum Gasteiger partial charge on any atom is -0.322 e. The van der Waals surface area contributed by atoms with Crippen molar-refractivity contribution in [1.82, 2.24) is 0 Å². The first-order valence-electron chi connectivity index (χ1n) is 4.86. The van der Waals surface area contributed by atoms with E-state index in [2.05, 4.69) is 5.32 Å². The Hall–Kier alpha value is -1.31. The number of nitrogens with one attached hydrogen (secondary N) is 1. The first kappa shape index (κ1) is 12.2. The van der Waals surface area contributed by atoms with Crippen LogP contribution in [0.3, 0.4) is 0 Å². The van der Waals surface area contributed by atoms with Crippen LogP contribution >= 0.6 is 23.2 Å². The molecule has 1 saturated carbocycles. The van der Waals surface area contributed by atoms with Crippen LogP contribution in [0.15, 0.2) is 12.1 Å². The first-order valence-corrected chi connectivity index (χ1v) is 5.61. The smallest absolute Gasteiger partial charge is 0.244 e. The summed E-state index contributed by atoms with van der Waals surface area (Å²) in [5.41, 5.74) is -0.831. The summed E-state index contributed by atoms with van der Waals surface area (Å²) < 4.78 is 12.9. The molecule has 0 heterocycles. The van der Waals surface area contributed by atoms with Gasteiger partial charge in [-0.1, -0.05) is 23.2 Å². The number of hydrogen-bond donors (Lipinski definition) is 1. The van der Waals surface area contributed by atoms with Crippen LogP contribution in [0.5, 0.6) is 0 Å². The molecule has 0 radical (unpaired) electrons. The van der Waals surface area contributed by atoms with Gasteiger partial charge >= 0.3 is 0 Å². The number of hydrogen-bond acceptors (Lipinski definition) is 2. The number of benzene rings is 1. The number of amides is 1. The Kier molecular flexibility index (Phi) is 2.98. The summed E-state index contributed by atoms with van der Waals surface area (Å²) >= 11 is 11.5. The average Bonchev–Trinajstić information content (AvgIpc) is 3.03. The van der Waals surface area contributed by atoms with Gasteiger partial charge in [0.15, 0.2) is 0 Å². The van der Waals surface area contributed by atoms with Crippen molar-refractivity contribution in [2.75, 3.05) is 5.32 Å². The van der Waals surface area contributed by atoms with Gasteiger partial charge in [-0.2, -0.15) is 5.26 Å². The van der Waals surface area contributed by atoms with Crippen molar-refractivity contribution in [2.24, 2.45) is 5.41 Å². The molecule has 88 valence electrons. The molecule has 3 nitrogen and oxygen atoms in total.